The maximum Gasteiger partial charge on any atom is 0.340 e. The zero-order valence-electron chi connectivity index (χ0n) is 8.94. The Hall–Kier alpha value is -1.55. The zero-order chi connectivity index (χ0) is 11.6. The molecule has 0 fully saturated rings. The van der Waals surface area contributed by atoms with Crippen molar-refractivity contribution >= 4 is 5.97 Å². The van der Waals surface area contributed by atoms with Gasteiger partial charge in [0.25, 0.3) is 0 Å². The molecule has 0 radical (unpaired) electrons. The SMILES string of the molecule is COc1ccc(C(C)(O)C(=O)O)cc1C. The summed E-state index contributed by atoms with van der Waals surface area (Å²) in [6.07, 6.45) is 0. The monoisotopic (exact) mass is 210 g/mol. The van der Waals surface area contributed by atoms with Gasteiger partial charge in [-0.1, -0.05) is 6.07 Å². The number of aliphatic carboxylic acids is 1. The zero-order valence-corrected chi connectivity index (χ0v) is 8.94. The van der Waals surface area contributed by atoms with E-state index >= 15 is 0 Å². The molecule has 2 N–H and O–H groups in total. The Kier molecular flexibility index (Phi) is 3.00. The number of benzene rings is 1. The Balaban J connectivity index is 3.18. The molecular weight excluding hydrogens is 196 g/mol. The molecule has 1 aromatic rings. The maximum atomic E-state index is 10.8. The van der Waals surface area contributed by atoms with Crippen molar-refractivity contribution in [3.8, 4) is 5.75 Å². The summed E-state index contributed by atoms with van der Waals surface area (Å²) < 4.78 is 5.04. The van der Waals surface area contributed by atoms with Crippen molar-refractivity contribution in [1.29, 1.82) is 0 Å². The van der Waals surface area contributed by atoms with Gasteiger partial charge in [-0.05, 0) is 37.1 Å². The molecule has 1 unspecified atom stereocenters. The predicted molar refractivity (Wildman–Crippen MR) is 54.9 cm³/mol. The highest BCUT2D eigenvalue weighted by Gasteiger charge is 2.32. The molecule has 82 valence electrons. The molecule has 1 aromatic carbocycles. The van der Waals surface area contributed by atoms with E-state index in [1.165, 1.54) is 14.0 Å². The average molecular weight is 210 g/mol. The van der Waals surface area contributed by atoms with Gasteiger partial charge in [0, 0.05) is 0 Å². The summed E-state index contributed by atoms with van der Waals surface area (Å²) in [7, 11) is 1.54. The van der Waals surface area contributed by atoms with Gasteiger partial charge >= 0.3 is 5.97 Å². The van der Waals surface area contributed by atoms with Gasteiger partial charge in [0.05, 0.1) is 7.11 Å². The number of methoxy groups -OCH3 is 1. The molecule has 0 spiro atoms. The molecule has 1 rings (SSSR count). The Morgan fingerprint density at radius 3 is 2.47 bits per heavy atom. The van der Waals surface area contributed by atoms with E-state index in [1.807, 2.05) is 0 Å². The number of aryl methyl sites for hydroxylation is 1. The smallest absolute Gasteiger partial charge is 0.340 e. The van der Waals surface area contributed by atoms with E-state index in [0.29, 0.717) is 11.3 Å². The summed E-state index contributed by atoms with van der Waals surface area (Å²) >= 11 is 0. The van der Waals surface area contributed by atoms with Crippen LogP contribution in [0.25, 0.3) is 0 Å². The van der Waals surface area contributed by atoms with Crippen LogP contribution in [0.2, 0.25) is 0 Å². The normalized spacial score (nSPS) is 14.4. The van der Waals surface area contributed by atoms with Crippen LogP contribution in [0.4, 0.5) is 0 Å². The molecule has 15 heavy (non-hydrogen) atoms. The summed E-state index contributed by atoms with van der Waals surface area (Å²) in [4.78, 5) is 10.8. The molecule has 0 aromatic heterocycles. The van der Waals surface area contributed by atoms with Crippen molar-refractivity contribution in [2.45, 2.75) is 19.4 Å². The molecule has 4 nitrogen and oxygen atoms in total. The minimum absolute atomic E-state index is 0.341. The number of carboxylic acid groups (broad SMARTS) is 1. The van der Waals surface area contributed by atoms with Gasteiger partial charge in [-0.2, -0.15) is 0 Å². The van der Waals surface area contributed by atoms with E-state index in [1.54, 1.807) is 25.1 Å². The van der Waals surface area contributed by atoms with Crippen LogP contribution in [0.1, 0.15) is 18.1 Å². The van der Waals surface area contributed by atoms with E-state index in [-0.39, 0.29) is 0 Å². The molecule has 4 heteroatoms. The fourth-order valence-electron chi connectivity index (χ4n) is 1.30. The summed E-state index contributed by atoms with van der Waals surface area (Å²) in [6.45, 7) is 3.04. The third-order valence-electron chi connectivity index (χ3n) is 2.37. The standard InChI is InChI=1S/C11H14O4/c1-7-6-8(4-5-9(7)15-3)11(2,14)10(12)13/h4-6,14H,1-3H3,(H,12,13). The van der Waals surface area contributed by atoms with Gasteiger partial charge in [0.2, 0.25) is 0 Å². The summed E-state index contributed by atoms with van der Waals surface area (Å²) in [6, 6.07) is 4.79. The Labute approximate surface area is 88.1 Å². The summed E-state index contributed by atoms with van der Waals surface area (Å²) in [5.41, 5.74) is -0.735. The number of carboxylic acids is 1. The third kappa shape index (κ3) is 2.10. The minimum Gasteiger partial charge on any atom is -0.496 e. The van der Waals surface area contributed by atoms with Crippen molar-refractivity contribution in [3.05, 3.63) is 29.3 Å². The lowest BCUT2D eigenvalue weighted by molar-refractivity contribution is -0.157. The minimum atomic E-state index is -1.86. The van der Waals surface area contributed by atoms with Crippen LogP contribution in [0.15, 0.2) is 18.2 Å². The molecule has 0 aliphatic carbocycles. The highest BCUT2D eigenvalue weighted by Crippen LogP contribution is 2.26. The fourth-order valence-corrected chi connectivity index (χ4v) is 1.30. The van der Waals surface area contributed by atoms with E-state index in [4.69, 9.17) is 9.84 Å². The van der Waals surface area contributed by atoms with Gasteiger partial charge in [-0.3, -0.25) is 0 Å². The summed E-state index contributed by atoms with van der Waals surface area (Å²) in [5.74, 6) is -0.605. The van der Waals surface area contributed by atoms with Crippen molar-refractivity contribution in [2.24, 2.45) is 0 Å². The molecular formula is C11H14O4. The van der Waals surface area contributed by atoms with Crippen LogP contribution in [0.5, 0.6) is 5.75 Å². The number of ether oxygens (including phenoxy) is 1. The largest absolute Gasteiger partial charge is 0.496 e. The van der Waals surface area contributed by atoms with Gasteiger partial charge < -0.3 is 14.9 Å². The van der Waals surface area contributed by atoms with Gasteiger partial charge in [-0.25, -0.2) is 4.79 Å². The van der Waals surface area contributed by atoms with Crippen molar-refractivity contribution < 1.29 is 19.7 Å². The number of aliphatic hydroxyl groups is 1. The summed E-state index contributed by atoms with van der Waals surface area (Å²) in [5, 5.41) is 18.5. The number of rotatable bonds is 3. The lowest BCUT2D eigenvalue weighted by Crippen LogP contribution is -2.31. The van der Waals surface area contributed by atoms with E-state index in [9.17, 15) is 9.90 Å². The first-order chi connectivity index (χ1) is 6.89. The number of hydrogen-bond acceptors (Lipinski definition) is 3. The fraction of sp³-hybridized carbons (Fsp3) is 0.364. The van der Waals surface area contributed by atoms with Crippen LogP contribution < -0.4 is 4.74 Å². The third-order valence-corrected chi connectivity index (χ3v) is 2.37. The van der Waals surface area contributed by atoms with Crippen molar-refractivity contribution in [2.75, 3.05) is 7.11 Å². The topological polar surface area (TPSA) is 66.8 Å². The first-order valence-corrected chi connectivity index (χ1v) is 4.50. The number of hydrogen-bond donors (Lipinski definition) is 2. The van der Waals surface area contributed by atoms with Crippen molar-refractivity contribution in [1.82, 2.24) is 0 Å². The predicted octanol–water partition coefficient (Wildman–Crippen LogP) is 1.30. The van der Waals surface area contributed by atoms with Crippen LogP contribution in [0.3, 0.4) is 0 Å². The van der Waals surface area contributed by atoms with Crippen LogP contribution >= 0.6 is 0 Å². The molecule has 1 atom stereocenters. The van der Waals surface area contributed by atoms with Crippen molar-refractivity contribution in [3.63, 3.8) is 0 Å². The van der Waals surface area contributed by atoms with Crippen LogP contribution in [0, 0.1) is 6.92 Å². The molecule has 0 amide bonds. The molecule has 0 aliphatic heterocycles. The first kappa shape index (κ1) is 11.5. The Morgan fingerprint density at radius 2 is 2.07 bits per heavy atom. The maximum absolute atomic E-state index is 10.8. The van der Waals surface area contributed by atoms with E-state index in [2.05, 4.69) is 0 Å². The second-order valence-corrected chi connectivity index (χ2v) is 3.56. The second kappa shape index (κ2) is 3.90. The lowest BCUT2D eigenvalue weighted by atomic mass is 9.94. The Morgan fingerprint density at radius 1 is 1.47 bits per heavy atom. The molecule has 0 saturated carbocycles. The Bertz CT molecular complexity index is 382. The van der Waals surface area contributed by atoms with Crippen LogP contribution in [-0.2, 0) is 10.4 Å². The highest BCUT2D eigenvalue weighted by molar-refractivity contribution is 5.78. The lowest BCUT2D eigenvalue weighted by Gasteiger charge is -2.19. The van der Waals surface area contributed by atoms with Gasteiger partial charge in [-0.15, -0.1) is 0 Å². The van der Waals surface area contributed by atoms with E-state index < -0.39 is 11.6 Å². The first-order valence-electron chi connectivity index (χ1n) is 4.50. The highest BCUT2D eigenvalue weighted by atomic mass is 16.5. The van der Waals surface area contributed by atoms with Gasteiger partial charge in [0.15, 0.2) is 5.60 Å². The molecule has 0 bridgehead atoms. The molecule has 0 heterocycles. The molecule has 0 saturated heterocycles. The average Bonchev–Trinajstić information content (AvgIpc) is 2.17. The quantitative estimate of drug-likeness (QED) is 0.789. The van der Waals surface area contributed by atoms with Gasteiger partial charge in [0.1, 0.15) is 5.75 Å². The van der Waals surface area contributed by atoms with Crippen LogP contribution in [-0.4, -0.2) is 23.3 Å². The second-order valence-electron chi connectivity index (χ2n) is 3.56. The molecule has 0 aliphatic rings. The number of carbonyl (C=O) groups is 1. The van der Waals surface area contributed by atoms with E-state index in [0.717, 1.165) is 5.56 Å².